The van der Waals surface area contributed by atoms with Crippen LogP contribution < -0.4 is 4.74 Å². The van der Waals surface area contributed by atoms with E-state index in [1.165, 1.54) is 5.69 Å². The molecule has 0 bridgehead atoms. The third-order valence-electron chi connectivity index (χ3n) is 5.48. The van der Waals surface area contributed by atoms with Gasteiger partial charge in [0.25, 0.3) is 0 Å². The van der Waals surface area contributed by atoms with Crippen LogP contribution in [0.1, 0.15) is 23.7 Å². The van der Waals surface area contributed by atoms with E-state index >= 15 is 0 Å². The van der Waals surface area contributed by atoms with Gasteiger partial charge in [-0.3, -0.25) is 4.90 Å². The SMILES string of the molecule is CN(C)C[C@@](C)(O)c1ccc2c(c1)CN(Cc1cccn1-c1ccccn1)CCO2. The molecule has 158 valence electrons. The maximum absolute atomic E-state index is 11.0. The van der Waals surface area contributed by atoms with Crippen LogP contribution in [0.5, 0.6) is 5.75 Å². The van der Waals surface area contributed by atoms with Gasteiger partial charge in [-0.1, -0.05) is 12.1 Å². The lowest BCUT2D eigenvalue weighted by Gasteiger charge is -2.28. The third kappa shape index (κ3) is 4.56. The molecular weight excluding hydrogens is 376 g/mol. The van der Waals surface area contributed by atoms with Crippen molar-refractivity contribution in [2.45, 2.75) is 25.6 Å². The van der Waals surface area contributed by atoms with Crippen molar-refractivity contribution in [2.75, 3.05) is 33.8 Å². The molecule has 2 aromatic heterocycles. The Balaban J connectivity index is 1.56. The van der Waals surface area contributed by atoms with Crippen molar-refractivity contribution in [3.8, 4) is 11.6 Å². The van der Waals surface area contributed by atoms with Gasteiger partial charge >= 0.3 is 0 Å². The largest absolute Gasteiger partial charge is 0.492 e. The summed E-state index contributed by atoms with van der Waals surface area (Å²) in [6.45, 7) is 5.48. The van der Waals surface area contributed by atoms with Gasteiger partial charge in [0, 0.05) is 49.8 Å². The summed E-state index contributed by atoms with van der Waals surface area (Å²) in [4.78, 5) is 8.86. The molecule has 0 spiro atoms. The van der Waals surface area contributed by atoms with Crippen molar-refractivity contribution in [1.82, 2.24) is 19.4 Å². The summed E-state index contributed by atoms with van der Waals surface area (Å²) in [5, 5.41) is 11.0. The smallest absolute Gasteiger partial charge is 0.136 e. The van der Waals surface area contributed by atoms with Crippen molar-refractivity contribution >= 4 is 0 Å². The van der Waals surface area contributed by atoms with Gasteiger partial charge in [-0.15, -0.1) is 0 Å². The summed E-state index contributed by atoms with van der Waals surface area (Å²) in [7, 11) is 3.94. The number of ether oxygens (including phenoxy) is 1. The molecule has 6 nitrogen and oxygen atoms in total. The van der Waals surface area contributed by atoms with Crippen LogP contribution in [0.3, 0.4) is 0 Å². The van der Waals surface area contributed by atoms with E-state index in [1.807, 2.05) is 62.4 Å². The van der Waals surface area contributed by atoms with Crippen LogP contribution in [0.25, 0.3) is 5.82 Å². The lowest BCUT2D eigenvalue weighted by molar-refractivity contribution is 0.0299. The van der Waals surface area contributed by atoms with Gasteiger partial charge in [0.15, 0.2) is 0 Å². The molecule has 0 saturated heterocycles. The number of aliphatic hydroxyl groups is 1. The van der Waals surface area contributed by atoms with Gasteiger partial charge in [-0.25, -0.2) is 4.98 Å². The summed E-state index contributed by atoms with van der Waals surface area (Å²) in [6.07, 6.45) is 3.87. The van der Waals surface area contributed by atoms with Crippen LogP contribution in [0, 0.1) is 0 Å². The number of fused-ring (bicyclic) bond motifs is 1. The molecule has 1 aromatic carbocycles. The highest BCUT2D eigenvalue weighted by Crippen LogP contribution is 2.30. The average molecular weight is 407 g/mol. The highest BCUT2D eigenvalue weighted by Gasteiger charge is 2.26. The molecule has 3 aromatic rings. The fourth-order valence-electron chi connectivity index (χ4n) is 4.12. The van der Waals surface area contributed by atoms with E-state index in [0.29, 0.717) is 13.2 Å². The number of nitrogens with zero attached hydrogens (tertiary/aromatic N) is 4. The van der Waals surface area contributed by atoms with Crippen LogP contribution in [-0.2, 0) is 18.7 Å². The molecule has 0 unspecified atom stereocenters. The van der Waals surface area contributed by atoms with E-state index < -0.39 is 5.60 Å². The highest BCUT2D eigenvalue weighted by molar-refractivity contribution is 5.40. The molecule has 1 atom stereocenters. The third-order valence-corrected chi connectivity index (χ3v) is 5.48. The number of benzene rings is 1. The van der Waals surface area contributed by atoms with Crippen molar-refractivity contribution in [2.24, 2.45) is 0 Å². The highest BCUT2D eigenvalue weighted by atomic mass is 16.5. The summed E-state index contributed by atoms with van der Waals surface area (Å²) in [6, 6.07) is 16.2. The maximum Gasteiger partial charge on any atom is 0.136 e. The maximum atomic E-state index is 11.0. The normalized spacial score (nSPS) is 16.6. The topological polar surface area (TPSA) is 53.8 Å². The molecule has 30 heavy (non-hydrogen) atoms. The zero-order valence-electron chi connectivity index (χ0n) is 18.0. The monoisotopic (exact) mass is 406 g/mol. The second-order valence-electron chi connectivity index (χ2n) is 8.45. The van der Waals surface area contributed by atoms with E-state index in [0.717, 1.165) is 42.3 Å². The molecule has 0 fully saturated rings. The fraction of sp³-hybridized carbons (Fsp3) is 0.375. The summed E-state index contributed by atoms with van der Waals surface area (Å²) in [5.74, 6) is 1.83. The second kappa shape index (κ2) is 8.60. The Hall–Kier alpha value is -2.67. The molecule has 1 N–H and O–H groups in total. The fourth-order valence-corrected chi connectivity index (χ4v) is 4.12. The van der Waals surface area contributed by atoms with E-state index in [2.05, 4.69) is 38.8 Å². The Morgan fingerprint density at radius 3 is 2.80 bits per heavy atom. The van der Waals surface area contributed by atoms with E-state index in [4.69, 9.17) is 4.74 Å². The van der Waals surface area contributed by atoms with Crippen molar-refractivity contribution in [3.63, 3.8) is 0 Å². The zero-order chi connectivity index (χ0) is 21.1. The Morgan fingerprint density at radius 2 is 2.03 bits per heavy atom. The number of aromatic nitrogens is 2. The van der Waals surface area contributed by atoms with Gasteiger partial charge in [0.2, 0.25) is 0 Å². The standard InChI is InChI=1S/C24H30N4O2/c1-24(29,18-26(2)3)20-9-10-22-19(15-20)16-27(13-14-30-22)17-21-7-6-12-28(21)23-8-4-5-11-25-23/h4-12,15,29H,13-14,16-18H2,1-3H3/t24-/m1/s1. The van der Waals surface area contributed by atoms with Crippen molar-refractivity contribution < 1.29 is 9.84 Å². The lowest BCUT2D eigenvalue weighted by atomic mass is 9.93. The number of likely N-dealkylation sites (N-methyl/N-ethyl adjacent to an activating group) is 1. The van der Waals surface area contributed by atoms with Gasteiger partial charge < -0.3 is 19.3 Å². The van der Waals surface area contributed by atoms with E-state index in [9.17, 15) is 5.11 Å². The van der Waals surface area contributed by atoms with Gasteiger partial charge in [0.1, 0.15) is 18.2 Å². The van der Waals surface area contributed by atoms with Gasteiger partial charge in [0.05, 0.1) is 5.60 Å². The molecule has 4 rings (SSSR count). The Labute approximate surface area is 178 Å². The molecule has 0 aliphatic carbocycles. The van der Waals surface area contributed by atoms with Crippen molar-refractivity contribution in [1.29, 1.82) is 0 Å². The minimum atomic E-state index is -0.913. The summed E-state index contributed by atoms with van der Waals surface area (Å²) < 4.78 is 8.14. The first kappa shape index (κ1) is 20.6. The number of rotatable bonds is 6. The number of hydrogen-bond acceptors (Lipinski definition) is 5. The average Bonchev–Trinajstić information content (AvgIpc) is 3.06. The lowest BCUT2D eigenvalue weighted by Crippen LogP contribution is -2.34. The first-order valence-corrected chi connectivity index (χ1v) is 10.4. The zero-order valence-corrected chi connectivity index (χ0v) is 18.0. The number of hydrogen-bond donors (Lipinski definition) is 1. The molecule has 0 saturated carbocycles. The van der Waals surface area contributed by atoms with E-state index in [-0.39, 0.29) is 0 Å². The van der Waals surface area contributed by atoms with Crippen LogP contribution in [0.2, 0.25) is 0 Å². The first-order valence-electron chi connectivity index (χ1n) is 10.4. The Morgan fingerprint density at radius 1 is 1.17 bits per heavy atom. The predicted molar refractivity (Wildman–Crippen MR) is 118 cm³/mol. The molecule has 3 heterocycles. The molecule has 0 amide bonds. The second-order valence-corrected chi connectivity index (χ2v) is 8.45. The van der Waals surface area contributed by atoms with Crippen LogP contribution in [-0.4, -0.2) is 58.2 Å². The Kier molecular flexibility index (Phi) is 5.90. The van der Waals surface area contributed by atoms with Crippen LogP contribution in [0.4, 0.5) is 0 Å². The van der Waals surface area contributed by atoms with Gasteiger partial charge in [-0.2, -0.15) is 0 Å². The molecule has 6 heteroatoms. The molecular formula is C24H30N4O2. The number of pyridine rings is 1. The predicted octanol–water partition coefficient (Wildman–Crippen LogP) is 3.04. The minimum absolute atomic E-state index is 0.563. The van der Waals surface area contributed by atoms with E-state index in [1.54, 1.807) is 0 Å². The Bertz CT molecular complexity index is 982. The van der Waals surface area contributed by atoms with Crippen LogP contribution in [0.15, 0.2) is 60.9 Å². The first-order chi connectivity index (χ1) is 14.4. The molecule has 1 aliphatic heterocycles. The van der Waals surface area contributed by atoms with Crippen molar-refractivity contribution in [3.05, 3.63) is 77.7 Å². The van der Waals surface area contributed by atoms with Crippen LogP contribution >= 0.6 is 0 Å². The summed E-state index contributed by atoms with van der Waals surface area (Å²) >= 11 is 0. The summed E-state index contributed by atoms with van der Waals surface area (Å²) in [5.41, 5.74) is 2.30. The van der Waals surface area contributed by atoms with Gasteiger partial charge in [-0.05, 0) is 63.0 Å². The minimum Gasteiger partial charge on any atom is -0.492 e. The molecule has 0 radical (unpaired) electrons. The molecule has 1 aliphatic rings. The quantitative estimate of drug-likeness (QED) is 0.682.